The molecule has 0 aliphatic rings. The maximum Gasteiger partial charge on any atom is 0.353 e. The van der Waals surface area contributed by atoms with E-state index in [1.165, 1.54) is 7.11 Å². The predicted octanol–water partition coefficient (Wildman–Crippen LogP) is 0.445. The lowest BCUT2D eigenvalue weighted by molar-refractivity contribution is -0.138. The first-order valence-corrected chi connectivity index (χ1v) is 3.57. The summed E-state index contributed by atoms with van der Waals surface area (Å²) in [4.78, 5) is 21.7. The molecule has 0 radical (unpaired) electrons. The van der Waals surface area contributed by atoms with Crippen LogP contribution >= 0.6 is 0 Å². The Labute approximate surface area is 71.6 Å². The van der Waals surface area contributed by atoms with E-state index in [0.29, 0.717) is 0 Å². The molecule has 0 aliphatic heterocycles. The fraction of sp³-hybridized carbons (Fsp3) is 0.500. The summed E-state index contributed by atoms with van der Waals surface area (Å²) in [5.74, 6) is -1.04. The third kappa shape index (κ3) is 3.18. The first kappa shape index (κ1) is 10.7. The summed E-state index contributed by atoms with van der Waals surface area (Å²) in [7, 11) is 1.23. The van der Waals surface area contributed by atoms with Crippen molar-refractivity contribution >= 4 is 11.9 Å². The second-order valence-electron chi connectivity index (χ2n) is 2.61. The van der Waals surface area contributed by atoms with Crippen molar-refractivity contribution in [2.75, 3.05) is 7.11 Å². The molecular formula is C8H13NO3. The summed E-state index contributed by atoms with van der Waals surface area (Å²) in [5.41, 5.74) is -0.0313. The summed E-state index contributed by atoms with van der Waals surface area (Å²) < 4.78 is 4.34. The van der Waals surface area contributed by atoms with Crippen LogP contribution in [0.5, 0.6) is 0 Å². The van der Waals surface area contributed by atoms with Gasteiger partial charge in [-0.1, -0.05) is 20.4 Å². The number of hydrogen-bond donors (Lipinski definition) is 1. The van der Waals surface area contributed by atoms with E-state index in [-0.39, 0.29) is 17.5 Å². The van der Waals surface area contributed by atoms with E-state index < -0.39 is 5.97 Å². The molecule has 12 heavy (non-hydrogen) atoms. The van der Waals surface area contributed by atoms with Gasteiger partial charge in [0.1, 0.15) is 5.70 Å². The largest absolute Gasteiger partial charge is 0.464 e. The lowest BCUT2D eigenvalue weighted by Crippen LogP contribution is -2.30. The van der Waals surface area contributed by atoms with Crippen molar-refractivity contribution in [1.82, 2.24) is 5.32 Å². The quantitative estimate of drug-likeness (QED) is 0.495. The lowest BCUT2D eigenvalue weighted by Gasteiger charge is -2.07. The Bertz CT molecular complexity index is 208. The van der Waals surface area contributed by atoms with Crippen molar-refractivity contribution < 1.29 is 14.3 Å². The zero-order valence-corrected chi connectivity index (χ0v) is 7.51. The molecule has 0 atom stereocenters. The Balaban J connectivity index is 4.02. The van der Waals surface area contributed by atoms with E-state index in [2.05, 4.69) is 16.6 Å². The van der Waals surface area contributed by atoms with Gasteiger partial charge >= 0.3 is 5.97 Å². The fourth-order valence-corrected chi connectivity index (χ4v) is 0.467. The normalized spacial score (nSPS) is 9.33. The lowest BCUT2D eigenvalue weighted by atomic mass is 10.2. The molecule has 4 nitrogen and oxygen atoms in total. The molecule has 0 fully saturated rings. The van der Waals surface area contributed by atoms with Gasteiger partial charge < -0.3 is 10.1 Å². The van der Waals surface area contributed by atoms with Crippen LogP contribution in [0.3, 0.4) is 0 Å². The molecule has 4 heteroatoms. The van der Waals surface area contributed by atoms with Crippen LogP contribution < -0.4 is 5.32 Å². The Hall–Kier alpha value is -1.32. The Morgan fingerprint density at radius 1 is 1.42 bits per heavy atom. The zero-order chi connectivity index (χ0) is 9.72. The van der Waals surface area contributed by atoms with E-state index in [9.17, 15) is 9.59 Å². The number of nitrogens with one attached hydrogen (secondary N) is 1. The van der Waals surface area contributed by atoms with Crippen LogP contribution in [0, 0.1) is 5.92 Å². The minimum absolute atomic E-state index is 0.0313. The van der Waals surface area contributed by atoms with Crippen molar-refractivity contribution in [2.24, 2.45) is 5.92 Å². The van der Waals surface area contributed by atoms with Gasteiger partial charge in [0, 0.05) is 5.92 Å². The number of hydrogen-bond acceptors (Lipinski definition) is 3. The minimum atomic E-state index is -0.621. The highest BCUT2D eigenvalue weighted by Gasteiger charge is 2.12. The summed E-state index contributed by atoms with van der Waals surface area (Å²) in [6.45, 7) is 6.79. The number of methoxy groups -OCH3 is 1. The molecule has 68 valence electrons. The van der Waals surface area contributed by atoms with Crippen LogP contribution in [0.25, 0.3) is 0 Å². The maximum absolute atomic E-state index is 11.0. The second-order valence-corrected chi connectivity index (χ2v) is 2.61. The van der Waals surface area contributed by atoms with Gasteiger partial charge in [0.15, 0.2) is 0 Å². The molecule has 0 unspecified atom stereocenters. The van der Waals surface area contributed by atoms with Crippen molar-refractivity contribution in [1.29, 1.82) is 0 Å². The molecule has 1 N–H and O–H groups in total. The number of carbonyl (C=O) groups is 2. The molecule has 0 aromatic carbocycles. The Morgan fingerprint density at radius 2 is 1.92 bits per heavy atom. The van der Waals surface area contributed by atoms with Crippen LogP contribution in [-0.2, 0) is 14.3 Å². The monoisotopic (exact) mass is 171 g/mol. The first-order chi connectivity index (χ1) is 5.49. The first-order valence-electron chi connectivity index (χ1n) is 3.57. The average molecular weight is 171 g/mol. The van der Waals surface area contributed by atoms with Gasteiger partial charge in [-0.2, -0.15) is 0 Å². The van der Waals surface area contributed by atoms with Gasteiger partial charge in [-0.25, -0.2) is 4.79 Å². The number of amides is 1. The third-order valence-corrected chi connectivity index (χ3v) is 1.23. The van der Waals surface area contributed by atoms with E-state index in [1.807, 2.05) is 0 Å². The molecular weight excluding hydrogens is 158 g/mol. The van der Waals surface area contributed by atoms with Gasteiger partial charge in [-0.05, 0) is 0 Å². The van der Waals surface area contributed by atoms with Crippen LogP contribution in [0.2, 0.25) is 0 Å². The highest BCUT2D eigenvalue weighted by Crippen LogP contribution is 1.94. The van der Waals surface area contributed by atoms with E-state index in [4.69, 9.17) is 0 Å². The van der Waals surface area contributed by atoms with Crippen molar-refractivity contribution in [3.8, 4) is 0 Å². The van der Waals surface area contributed by atoms with Crippen LogP contribution in [0.1, 0.15) is 13.8 Å². The standard InChI is InChI=1S/C8H13NO3/c1-5(2)7(10)9-6(3)8(11)12-4/h5H,3H2,1-2,4H3,(H,9,10). The SMILES string of the molecule is C=C(NC(=O)C(C)C)C(=O)OC. The number of ether oxygens (including phenoxy) is 1. The molecule has 0 heterocycles. The highest BCUT2D eigenvalue weighted by molar-refractivity contribution is 5.93. The molecule has 0 aromatic rings. The summed E-state index contributed by atoms with van der Waals surface area (Å²) in [5, 5.41) is 2.32. The van der Waals surface area contributed by atoms with Gasteiger partial charge in [-0.3, -0.25) is 4.79 Å². The minimum Gasteiger partial charge on any atom is -0.464 e. The molecule has 0 bridgehead atoms. The van der Waals surface area contributed by atoms with E-state index in [1.54, 1.807) is 13.8 Å². The van der Waals surface area contributed by atoms with Gasteiger partial charge in [0.25, 0.3) is 0 Å². The van der Waals surface area contributed by atoms with Gasteiger partial charge in [0.2, 0.25) is 5.91 Å². The smallest absolute Gasteiger partial charge is 0.353 e. The van der Waals surface area contributed by atoms with E-state index in [0.717, 1.165) is 0 Å². The summed E-state index contributed by atoms with van der Waals surface area (Å²) >= 11 is 0. The molecule has 0 aromatic heterocycles. The molecule has 0 spiro atoms. The van der Waals surface area contributed by atoms with Gasteiger partial charge in [0.05, 0.1) is 7.11 Å². The zero-order valence-electron chi connectivity index (χ0n) is 7.51. The summed E-state index contributed by atoms with van der Waals surface area (Å²) in [6, 6.07) is 0. The van der Waals surface area contributed by atoms with Crippen molar-refractivity contribution in [2.45, 2.75) is 13.8 Å². The van der Waals surface area contributed by atoms with Crippen LogP contribution in [0.4, 0.5) is 0 Å². The number of esters is 1. The molecule has 0 rings (SSSR count). The van der Waals surface area contributed by atoms with Crippen molar-refractivity contribution in [3.05, 3.63) is 12.3 Å². The number of carbonyl (C=O) groups excluding carboxylic acids is 2. The van der Waals surface area contributed by atoms with E-state index >= 15 is 0 Å². The Morgan fingerprint density at radius 3 is 2.25 bits per heavy atom. The maximum atomic E-state index is 11.0. The van der Waals surface area contributed by atoms with Gasteiger partial charge in [-0.15, -0.1) is 0 Å². The second kappa shape index (κ2) is 4.54. The fourth-order valence-electron chi connectivity index (χ4n) is 0.467. The predicted molar refractivity (Wildman–Crippen MR) is 44.1 cm³/mol. The molecule has 0 aliphatic carbocycles. The Kier molecular flexibility index (Phi) is 4.04. The topological polar surface area (TPSA) is 55.4 Å². The van der Waals surface area contributed by atoms with Crippen LogP contribution in [-0.4, -0.2) is 19.0 Å². The average Bonchev–Trinajstić information content (AvgIpc) is 2.02. The van der Waals surface area contributed by atoms with Crippen LogP contribution in [0.15, 0.2) is 12.3 Å². The molecule has 0 saturated heterocycles. The van der Waals surface area contributed by atoms with Crippen molar-refractivity contribution in [3.63, 3.8) is 0 Å². The molecule has 1 amide bonds. The number of rotatable bonds is 3. The summed E-state index contributed by atoms with van der Waals surface area (Å²) in [6.07, 6.45) is 0. The molecule has 0 saturated carbocycles. The third-order valence-electron chi connectivity index (χ3n) is 1.23. The highest BCUT2D eigenvalue weighted by atomic mass is 16.5.